The van der Waals surface area contributed by atoms with Crippen molar-refractivity contribution in [3.63, 3.8) is 0 Å². The van der Waals surface area contributed by atoms with Crippen LogP contribution in [0.2, 0.25) is 0 Å². The third-order valence-corrected chi connectivity index (χ3v) is 5.80. The lowest BCUT2D eigenvalue weighted by Crippen LogP contribution is -2.23. The summed E-state index contributed by atoms with van der Waals surface area (Å²) in [5.74, 6) is -0.253. The van der Waals surface area contributed by atoms with Gasteiger partial charge in [-0.1, -0.05) is 6.07 Å². The van der Waals surface area contributed by atoms with Crippen LogP contribution in [0.3, 0.4) is 0 Å². The molecule has 8 heteroatoms. The summed E-state index contributed by atoms with van der Waals surface area (Å²) < 4.78 is 26.7. The fourth-order valence-electron chi connectivity index (χ4n) is 1.49. The van der Waals surface area contributed by atoms with Crippen LogP contribution in [0.1, 0.15) is 21.5 Å². The zero-order valence-corrected chi connectivity index (χ0v) is 13.2. The average molecular weight is 330 g/mol. The molecule has 0 fully saturated rings. The molecule has 2 aromatic heterocycles. The molecule has 0 aliphatic rings. The molecule has 0 aliphatic carbocycles. The third-order valence-electron chi connectivity index (χ3n) is 2.46. The first-order valence-electron chi connectivity index (χ1n) is 5.91. The fraction of sp³-hybridized carbons (Fsp3) is 0.250. The molecular weight excluding hydrogens is 316 g/mol. The molecule has 2 aromatic rings. The van der Waals surface area contributed by atoms with Crippen LogP contribution < -0.4 is 10.0 Å². The highest BCUT2D eigenvalue weighted by atomic mass is 32.2. The minimum Gasteiger partial charge on any atom is -0.352 e. The monoisotopic (exact) mass is 330 g/mol. The van der Waals surface area contributed by atoms with Crippen molar-refractivity contribution in [3.05, 3.63) is 38.7 Å². The van der Waals surface area contributed by atoms with E-state index in [1.165, 1.54) is 22.8 Å². The van der Waals surface area contributed by atoms with Crippen LogP contribution in [0.25, 0.3) is 0 Å². The molecular formula is C12H14N2O3S3. The van der Waals surface area contributed by atoms with E-state index in [1.54, 1.807) is 0 Å². The van der Waals surface area contributed by atoms with Gasteiger partial charge in [0.05, 0.1) is 9.77 Å². The quantitative estimate of drug-likeness (QED) is 0.851. The van der Waals surface area contributed by atoms with E-state index in [-0.39, 0.29) is 17.3 Å². The Morgan fingerprint density at radius 1 is 1.35 bits per heavy atom. The van der Waals surface area contributed by atoms with E-state index in [9.17, 15) is 13.2 Å². The van der Waals surface area contributed by atoms with Crippen molar-refractivity contribution in [1.82, 2.24) is 10.0 Å². The second kappa shape index (κ2) is 6.49. The van der Waals surface area contributed by atoms with Crippen LogP contribution >= 0.6 is 22.7 Å². The zero-order valence-electron chi connectivity index (χ0n) is 10.8. The molecule has 0 radical (unpaired) electrons. The van der Waals surface area contributed by atoms with Gasteiger partial charge in [-0.2, -0.15) is 0 Å². The van der Waals surface area contributed by atoms with Gasteiger partial charge in [-0.3, -0.25) is 4.79 Å². The maximum Gasteiger partial charge on any atom is 0.261 e. The maximum absolute atomic E-state index is 12.1. The lowest BCUT2D eigenvalue weighted by molar-refractivity contribution is 0.0959. The molecule has 0 bridgehead atoms. The summed E-state index contributed by atoms with van der Waals surface area (Å²) in [6.45, 7) is 2.58. The molecule has 2 heterocycles. The van der Waals surface area contributed by atoms with Crippen LogP contribution in [0, 0.1) is 0 Å². The Kier molecular flexibility index (Phi) is 4.92. The van der Waals surface area contributed by atoms with Crippen molar-refractivity contribution in [2.24, 2.45) is 0 Å². The number of sulfonamides is 1. The van der Waals surface area contributed by atoms with Gasteiger partial charge in [0.2, 0.25) is 10.0 Å². The Bertz CT molecular complexity index is 675. The molecule has 0 unspecified atom stereocenters. The lowest BCUT2D eigenvalue weighted by atomic mass is 10.4. The van der Waals surface area contributed by atoms with Gasteiger partial charge >= 0.3 is 0 Å². The molecule has 5 nitrogen and oxygen atoms in total. The zero-order chi connectivity index (χ0) is 14.6. The SMILES string of the molecule is CCNC(=O)c1cc(S(=O)(=O)NCc2cccs2)cs1. The van der Waals surface area contributed by atoms with Gasteiger partial charge in [0.25, 0.3) is 5.91 Å². The van der Waals surface area contributed by atoms with Crippen molar-refractivity contribution in [1.29, 1.82) is 0 Å². The topological polar surface area (TPSA) is 75.3 Å². The lowest BCUT2D eigenvalue weighted by Gasteiger charge is -2.03. The molecule has 108 valence electrons. The number of rotatable bonds is 6. The van der Waals surface area contributed by atoms with Gasteiger partial charge in [0.15, 0.2) is 0 Å². The standard InChI is InChI=1S/C12H14N2O3S3/c1-2-13-12(15)11-6-10(8-19-11)20(16,17)14-7-9-4-3-5-18-9/h3-6,8,14H,2,7H2,1H3,(H,13,15). The Balaban J connectivity index is 2.08. The molecule has 0 saturated carbocycles. The van der Waals surface area contributed by atoms with Crippen LogP contribution in [0.15, 0.2) is 33.9 Å². The first kappa shape index (κ1) is 15.2. The van der Waals surface area contributed by atoms with Gasteiger partial charge in [-0.15, -0.1) is 22.7 Å². The Hall–Kier alpha value is -1.22. The van der Waals surface area contributed by atoms with Crippen molar-refractivity contribution >= 4 is 38.6 Å². The van der Waals surface area contributed by atoms with Gasteiger partial charge in [0.1, 0.15) is 0 Å². The molecule has 0 aromatic carbocycles. The number of thiophene rings is 2. The normalized spacial score (nSPS) is 11.4. The number of nitrogens with one attached hydrogen (secondary N) is 2. The second-order valence-corrected chi connectivity index (χ2v) is 7.62. The summed E-state index contributed by atoms with van der Waals surface area (Å²) >= 11 is 2.61. The fourth-order valence-corrected chi connectivity index (χ4v) is 4.42. The first-order valence-corrected chi connectivity index (χ1v) is 9.16. The summed E-state index contributed by atoms with van der Waals surface area (Å²) in [5.41, 5.74) is 0. The molecule has 0 saturated heterocycles. The predicted molar refractivity (Wildman–Crippen MR) is 80.7 cm³/mol. The molecule has 1 amide bonds. The summed E-state index contributed by atoms with van der Waals surface area (Å²) in [7, 11) is -3.58. The summed E-state index contributed by atoms with van der Waals surface area (Å²) in [6.07, 6.45) is 0. The largest absolute Gasteiger partial charge is 0.352 e. The van der Waals surface area contributed by atoms with E-state index < -0.39 is 10.0 Å². The van der Waals surface area contributed by atoms with Gasteiger partial charge in [0, 0.05) is 23.3 Å². The van der Waals surface area contributed by atoms with Gasteiger partial charge in [-0.25, -0.2) is 13.1 Å². The maximum atomic E-state index is 12.1. The van der Waals surface area contributed by atoms with Crippen LogP contribution in [-0.2, 0) is 16.6 Å². The van der Waals surface area contributed by atoms with E-state index in [0.29, 0.717) is 11.4 Å². The van der Waals surface area contributed by atoms with Gasteiger partial charge in [-0.05, 0) is 24.4 Å². The second-order valence-electron chi connectivity index (χ2n) is 3.91. The summed E-state index contributed by atoms with van der Waals surface area (Å²) in [4.78, 5) is 13.1. The minimum absolute atomic E-state index is 0.125. The van der Waals surface area contributed by atoms with Gasteiger partial charge < -0.3 is 5.32 Å². The molecule has 0 aliphatic heterocycles. The van der Waals surface area contributed by atoms with Crippen LogP contribution in [0.5, 0.6) is 0 Å². The third kappa shape index (κ3) is 3.66. The number of amides is 1. The summed E-state index contributed by atoms with van der Waals surface area (Å²) in [5, 5.41) is 6.00. The Morgan fingerprint density at radius 3 is 2.80 bits per heavy atom. The Labute approximate surface area is 125 Å². The molecule has 20 heavy (non-hydrogen) atoms. The summed E-state index contributed by atoms with van der Waals surface area (Å²) in [6, 6.07) is 5.12. The molecule has 2 N–H and O–H groups in total. The van der Waals surface area contributed by atoms with Crippen molar-refractivity contribution < 1.29 is 13.2 Å². The minimum atomic E-state index is -3.58. The number of carbonyl (C=O) groups excluding carboxylic acids is 1. The molecule has 0 atom stereocenters. The number of carbonyl (C=O) groups is 1. The smallest absolute Gasteiger partial charge is 0.261 e. The van der Waals surface area contributed by atoms with Crippen LogP contribution in [-0.4, -0.2) is 20.9 Å². The van der Waals surface area contributed by atoms with E-state index in [0.717, 1.165) is 16.2 Å². The highest BCUT2D eigenvalue weighted by Gasteiger charge is 2.18. The van der Waals surface area contributed by atoms with E-state index in [1.807, 2.05) is 24.4 Å². The van der Waals surface area contributed by atoms with E-state index in [4.69, 9.17) is 0 Å². The van der Waals surface area contributed by atoms with E-state index >= 15 is 0 Å². The number of hydrogen-bond acceptors (Lipinski definition) is 5. The van der Waals surface area contributed by atoms with E-state index in [2.05, 4.69) is 10.0 Å². The van der Waals surface area contributed by atoms with Crippen LogP contribution in [0.4, 0.5) is 0 Å². The predicted octanol–water partition coefficient (Wildman–Crippen LogP) is 2.04. The molecule has 0 spiro atoms. The van der Waals surface area contributed by atoms with Crippen molar-refractivity contribution in [2.45, 2.75) is 18.4 Å². The highest BCUT2D eigenvalue weighted by Crippen LogP contribution is 2.19. The highest BCUT2D eigenvalue weighted by molar-refractivity contribution is 7.89. The first-order chi connectivity index (χ1) is 9.53. The Morgan fingerprint density at radius 2 is 2.15 bits per heavy atom. The molecule has 2 rings (SSSR count). The number of hydrogen-bond donors (Lipinski definition) is 2. The van der Waals surface area contributed by atoms with Crippen molar-refractivity contribution in [2.75, 3.05) is 6.54 Å². The van der Waals surface area contributed by atoms with Crippen molar-refractivity contribution in [3.8, 4) is 0 Å². The average Bonchev–Trinajstić information content (AvgIpc) is 3.08.